The van der Waals surface area contributed by atoms with Crippen molar-refractivity contribution in [2.45, 2.75) is 52.2 Å². The van der Waals surface area contributed by atoms with E-state index in [1.54, 1.807) is 18.2 Å². The van der Waals surface area contributed by atoms with Gasteiger partial charge in [-0.05, 0) is 43.5 Å². The first kappa shape index (κ1) is 22.8. The Morgan fingerprint density at radius 2 is 1.90 bits per heavy atom. The first-order chi connectivity index (χ1) is 13.4. The van der Waals surface area contributed by atoms with Crippen LogP contribution in [0.3, 0.4) is 0 Å². The van der Waals surface area contributed by atoms with Gasteiger partial charge in [-0.1, -0.05) is 32.9 Å². The highest BCUT2D eigenvalue weighted by molar-refractivity contribution is 5.86. The van der Waals surface area contributed by atoms with E-state index in [4.69, 9.17) is 5.73 Å². The van der Waals surface area contributed by atoms with Gasteiger partial charge < -0.3 is 15.4 Å². The molecule has 2 heterocycles. The lowest BCUT2D eigenvalue weighted by Crippen LogP contribution is -2.22. The summed E-state index contributed by atoms with van der Waals surface area (Å²) in [5, 5.41) is 10.5. The van der Waals surface area contributed by atoms with Gasteiger partial charge in [0.2, 0.25) is 0 Å². The molecule has 0 spiro atoms. The number of halogens is 2. The fourth-order valence-electron chi connectivity index (χ4n) is 3.11. The lowest BCUT2D eigenvalue weighted by Gasteiger charge is -2.20. The summed E-state index contributed by atoms with van der Waals surface area (Å²) in [5.74, 6) is 0.952. The summed E-state index contributed by atoms with van der Waals surface area (Å²) in [7, 11) is 0. The smallest absolute Gasteiger partial charge is 0.166 e. The standard InChI is InChI=1S/C21H26FN5O.ClH/c1-4-12-27-19(14-8-7-9-15(22)13-14)26-17-18(23)24-16(25-20(17)27)10-11-21(28,5-2)6-3;/h7-11,13,28H,4-6,12H2,1-3H3,(H2,23,24,25);1H/b11-10+;. The molecule has 0 atom stereocenters. The van der Waals surface area contributed by atoms with Crippen LogP contribution in [0.25, 0.3) is 28.6 Å². The maximum Gasteiger partial charge on any atom is 0.166 e. The third-order valence-electron chi connectivity index (χ3n) is 4.94. The molecule has 0 bridgehead atoms. The van der Waals surface area contributed by atoms with E-state index in [2.05, 4.69) is 21.9 Å². The molecule has 156 valence electrons. The molecule has 0 amide bonds. The Morgan fingerprint density at radius 3 is 2.52 bits per heavy atom. The first-order valence-electron chi connectivity index (χ1n) is 9.62. The van der Waals surface area contributed by atoms with E-state index in [1.165, 1.54) is 12.1 Å². The van der Waals surface area contributed by atoms with Gasteiger partial charge in [-0.25, -0.2) is 19.3 Å². The maximum atomic E-state index is 13.7. The van der Waals surface area contributed by atoms with Gasteiger partial charge in [0.1, 0.15) is 11.6 Å². The van der Waals surface area contributed by atoms with E-state index in [1.807, 2.05) is 24.5 Å². The highest BCUT2D eigenvalue weighted by Crippen LogP contribution is 2.27. The summed E-state index contributed by atoms with van der Waals surface area (Å²) in [4.78, 5) is 13.5. The molecule has 8 heteroatoms. The number of anilines is 1. The van der Waals surface area contributed by atoms with E-state index in [9.17, 15) is 9.50 Å². The van der Waals surface area contributed by atoms with Gasteiger partial charge in [0.15, 0.2) is 22.8 Å². The summed E-state index contributed by atoms with van der Waals surface area (Å²) in [6.45, 7) is 6.56. The number of aryl methyl sites for hydroxylation is 1. The first-order valence-corrected chi connectivity index (χ1v) is 9.62. The van der Waals surface area contributed by atoms with Crippen LogP contribution in [0.15, 0.2) is 30.3 Å². The SMILES string of the molecule is CCCn1c(-c2cccc(F)c2)nc2c(N)nc(/C=C/C(O)(CC)CC)nc21.Cl. The number of nitrogen functional groups attached to an aromatic ring is 1. The third kappa shape index (κ3) is 4.74. The van der Waals surface area contributed by atoms with Crippen LogP contribution in [0.4, 0.5) is 10.2 Å². The van der Waals surface area contributed by atoms with Crippen molar-refractivity contribution in [3.8, 4) is 11.4 Å². The number of fused-ring (bicyclic) bond motifs is 1. The number of imidazole rings is 1. The van der Waals surface area contributed by atoms with Gasteiger partial charge in [-0.15, -0.1) is 12.4 Å². The van der Waals surface area contributed by atoms with Crippen molar-refractivity contribution in [1.29, 1.82) is 0 Å². The molecule has 29 heavy (non-hydrogen) atoms. The van der Waals surface area contributed by atoms with Gasteiger partial charge >= 0.3 is 0 Å². The highest BCUT2D eigenvalue weighted by Gasteiger charge is 2.20. The minimum Gasteiger partial charge on any atom is -0.386 e. The van der Waals surface area contributed by atoms with Gasteiger partial charge in [0, 0.05) is 12.1 Å². The van der Waals surface area contributed by atoms with Crippen LogP contribution in [-0.4, -0.2) is 30.2 Å². The maximum absolute atomic E-state index is 13.7. The largest absolute Gasteiger partial charge is 0.386 e. The Hall–Kier alpha value is -2.51. The summed E-state index contributed by atoms with van der Waals surface area (Å²) >= 11 is 0. The van der Waals surface area contributed by atoms with Gasteiger partial charge in [-0.3, -0.25) is 0 Å². The average molecular weight is 420 g/mol. The number of nitrogens with zero attached hydrogens (tertiary/aromatic N) is 4. The topological polar surface area (TPSA) is 89.9 Å². The van der Waals surface area contributed by atoms with Crippen molar-refractivity contribution in [2.75, 3.05) is 5.73 Å². The molecule has 3 rings (SSSR count). The summed E-state index contributed by atoms with van der Waals surface area (Å²) in [6, 6.07) is 6.31. The monoisotopic (exact) mass is 419 g/mol. The average Bonchev–Trinajstić information content (AvgIpc) is 3.06. The second-order valence-corrected chi connectivity index (χ2v) is 6.88. The van der Waals surface area contributed by atoms with Crippen LogP contribution in [0.1, 0.15) is 45.9 Å². The van der Waals surface area contributed by atoms with Crippen molar-refractivity contribution in [2.24, 2.45) is 0 Å². The molecule has 0 unspecified atom stereocenters. The Balaban J connectivity index is 0.00000300. The van der Waals surface area contributed by atoms with Gasteiger partial charge in [0.25, 0.3) is 0 Å². The van der Waals surface area contributed by atoms with Crippen molar-refractivity contribution in [3.05, 3.63) is 42.0 Å². The quantitative estimate of drug-likeness (QED) is 0.583. The van der Waals surface area contributed by atoms with E-state index in [0.717, 1.165) is 6.42 Å². The summed E-state index contributed by atoms with van der Waals surface area (Å²) in [5.41, 5.74) is 7.01. The Bertz CT molecular complexity index is 1010. The molecule has 0 fully saturated rings. The number of benzene rings is 1. The number of aliphatic hydroxyl groups is 1. The molecule has 0 aliphatic heterocycles. The van der Waals surface area contributed by atoms with Crippen molar-refractivity contribution < 1.29 is 9.50 Å². The van der Waals surface area contributed by atoms with E-state index in [-0.39, 0.29) is 24.0 Å². The molecule has 0 aliphatic carbocycles. The molecular formula is C21H27ClFN5O. The number of rotatable bonds is 7. The summed E-state index contributed by atoms with van der Waals surface area (Å²) < 4.78 is 15.7. The number of hydrogen-bond donors (Lipinski definition) is 2. The molecule has 0 radical (unpaired) electrons. The highest BCUT2D eigenvalue weighted by atomic mass is 35.5. The molecule has 3 aromatic rings. The fraction of sp³-hybridized carbons (Fsp3) is 0.381. The molecule has 0 aliphatic rings. The minimum atomic E-state index is -0.899. The minimum absolute atomic E-state index is 0. The molecule has 0 saturated heterocycles. The van der Waals surface area contributed by atoms with E-state index in [0.29, 0.717) is 47.8 Å². The fourth-order valence-corrected chi connectivity index (χ4v) is 3.11. The lowest BCUT2D eigenvalue weighted by molar-refractivity contribution is 0.0836. The van der Waals surface area contributed by atoms with Crippen LogP contribution < -0.4 is 5.73 Å². The number of nitrogens with two attached hydrogens (primary N) is 1. The van der Waals surface area contributed by atoms with E-state index < -0.39 is 5.60 Å². The zero-order valence-electron chi connectivity index (χ0n) is 16.9. The zero-order chi connectivity index (χ0) is 20.3. The molecule has 6 nitrogen and oxygen atoms in total. The van der Waals surface area contributed by atoms with Crippen LogP contribution >= 0.6 is 12.4 Å². The van der Waals surface area contributed by atoms with Crippen LogP contribution in [0.2, 0.25) is 0 Å². The Morgan fingerprint density at radius 1 is 1.17 bits per heavy atom. The normalized spacial score (nSPS) is 11.9. The molecule has 0 saturated carbocycles. The number of aromatic nitrogens is 4. The summed E-state index contributed by atoms with van der Waals surface area (Å²) in [6.07, 6.45) is 5.44. The van der Waals surface area contributed by atoms with Gasteiger partial charge in [-0.2, -0.15) is 0 Å². The molecule has 1 aromatic carbocycles. The predicted molar refractivity (Wildman–Crippen MR) is 117 cm³/mol. The zero-order valence-corrected chi connectivity index (χ0v) is 17.7. The van der Waals surface area contributed by atoms with E-state index >= 15 is 0 Å². The second kappa shape index (κ2) is 9.33. The van der Waals surface area contributed by atoms with Crippen LogP contribution in [-0.2, 0) is 6.54 Å². The van der Waals surface area contributed by atoms with Crippen molar-refractivity contribution in [3.63, 3.8) is 0 Å². The van der Waals surface area contributed by atoms with Crippen molar-refractivity contribution >= 4 is 35.5 Å². The predicted octanol–water partition coefficient (Wildman–Crippen LogP) is 4.61. The Kier molecular flexibility index (Phi) is 7.32. The van der Waals surface area contributed by atoms with Crippen LogP contribution in [0, 0.1) is 5.82 Å². The van der Waals surface area contributed by atoms with Gasteiger partial charge in [0.05, 0.1) is 5.60 Å². The van der Waals surface area contributed by atoms with Crippen LogP contribution in [0.5, 0.6) is 0 Å². The number of hydrogen-bond acceptors (Lipinski definition) is 5. The van der Waals surface area contributed by atoms with Crippen molar-refractivity contribution in [1.82, 2.24) is 19.5 Å². The molecular weight excluding hydrogens is 393 g/mol. The lowest BCUT2D eigenvalue weighted by atomic mass is 9.97. The second-order valence-electron chi connectivity index (χ2n) is 6.88. The third-order valence-corrected chi connectivity index (χ3v) is 4.94. The molecule has 2 aromatic heterocycles. The Labute approximate surface area is 176 Å². The molecule has 3 N–H and O–H groups in total.